The van der Waals surface area contributed by atoms with Crippen molar-refractivity contribution in [3.05, 3.63) is 39.4 Å². The van der Waals surface area contributed by atoms with Gasteiger partial charge in [-0.3, -0.25) is 10.1 Å². The van der Waals surface area contributed by atoms with Crippen molar-refractivity contribution in [2.24, 2.45) is 0 Å². The second-order valence-electron chi connectivity index (χ2n) is 5.07. The van der Waals surface area contributed by atoms with E-state index in [1.165, 1.54) is 18.2 Å². The quantitative estimate of drug-likeness (QED) is 0.675. The van der Waals surface area contributed by atoms with E-state index in [2.05, 4.69) is 5.32 Å². The van der Waals surface area contributed by atoms with Crippen LogP contribution >= 0.6 is 0 Å². The summed E-state index contributed by atoms with van der Waals surface area (Å²) in [5.74, 6) is 0. The molecule has 106 valence electrons. The Kier molecular flexibility index (Phi) is 4.64. The van der Waals surface area contributed by atoms with Crippen LogP contribution in [-0.4, -0.2) is 16.6 Å². The number of ether oxygens (including phenoxy) is 1. The molecule has 0 radical (unpaired) electrons. The molecule has 0 atom stereocenters. The number of nitro groups is 1. The summed E-state index contributed by atoms with van der Waals surface area (Å²) in [6, 6.07) is 5.78. The molecule has 0 aromatic heterocycles. The normalized spacial score (nSPS) is 10.5. The monoisotopic (exact) mass is 277 g/mol. The van der Waals surface area contributed by atoms with Crippen molar-refractivity contribution in [1.82, 2.24) is 5.32 Å². The van der Waals surface area contributed by atoms with E-state index in [1.54, 1.807) is 20.8 Å². The maximum Gasteiger partial charge on any atom is 0.407 e. The number of hydrogen-bond acceptors (Lipinski definition) is 5. The van der Waals surface area contributed by atoms with Gasteiger partial charge in [0.1, 0.15) is 5.60 Å². The minimum Gasteiger partial charge on any atom is -0.444 e. The van der Waals surface area contributed by atoms with Crippen molar-refractivity contribution in [2.45, 2.75) is 32.9 Å². The van der Waals surface area contributed by atoms with Crippen LogP contribution in [0, 0.1) is 21.4 Å². The first-order valence-corrected chi connectivity index (χ1v) is 5.87. The molecule has 0 unspecified atom stereocenters. The molecule has 7 heteroatoms. The van der Waals surface area contributed by atoms with Gasteiger partial charge >= 0.3 is 6.09 Å². The van der Waals surface area contributed by atoms with E-state index < -0.39 is 16.6 Å². The van der Waals surface area contributed by atoms with Crippen molar-refractivity contribution in [3.63, 3.8) is 0 Å². The van der Waals surface area contributed by atoms with Gasteiger partial charge in [-0.1, -0.05) is 0 Å². The predicted molar refractivity (Wildman–Crippen MR) is 70.9 cm³/mol. The van der Waals surface area contributed by atoms with Gasteiger partial charge < -0.3 is 10.1 Å². The number of nitriles is 1. The lowest BCUT2D eigenvalue weighted by molar-refractivity contribution is -0.384. The summed E-state index contributed by atoms with van der Waals surface area (Å²) in [6.45, 7) is 5.15. The van der Waals surface area contributed by atoms with Crippen LogP contribution in [-0.2, 0) is 11.3 Å². The van der Waals surface area contributed by atoms with Gasteiger partial charge in [0.05, 0.1) is 16.6 Å². The van der Waals surface area contributed by atoms with Gasteiger partial charge in [0.2, 0.25) is 0 Å². The third-order valence-electron chi connectivity index (χ3n) is 2.24. The second kappa shape index (κ2) is 6.02. The van der Waals surface area contributed by atoms with E-state index in [0.29, 0.717) is 5.56 Å². The summed E-state index contributed by atoms with van der Waals surface area (Å²) >= 11 is 0. The lowest BCUT2D eigenvalue weighted by Crippen LogP contribution is -2.32. The number of rotatable bonds is 3. The fraction of sp³-hybridized carbons (Fsp3) is 0.385. The van der Waals surface area contributed by atoms with Crippen molar-refractivity contribution < 1.29 is 14.5 Å². The Morgan fingerprint density at radius 3 is 2.65 bits per heavy atom. The zero-order valence-electron chi connectivity index (χ0n) is 11.5. The number of carbonyl (C=O) groups is 1. The van der Waals surface area contributed by atoms with Crippen molar-refractivity contribution in [2.75, 3.05) is 0 Å². The van der Waals surface area contributed by atoms with Crippen LogP contribution in [0.5, 0.6) is 0 Å². The van der Waals surface area contributed by atoms with Crippen molar-refractivity contribution >= 4 is 11.8 Å². The van der Waals surface area contributed by atoms with E-state index >= 15 is 0 Å². The molecule has 20 heavy (non-hydrogen) atoms. The Labute approximate surface area is 116 Å². The Bertz CT molecular complexity index is 570. The van der Waals surface area contributed by atoms with Gasteiger partial charge in [-0.2, -0.15) is 5.26 Å². The number of alkyl carbamates (subject to hydrolysis) is 1. The molecule has 0 heterocycles. The van der Waals surface area contributed by atoms with E-state index in [9.17, 15) is 14.9 Å². The standard InChI is InChI=1S/C13H15N3O4/c1-13(2,3)20-12(17)15-8-10-6-11(16(18)19)5-4-9(10)7-14/h4-6H,8H2,1-3H3,(H,15,17). The third-order valence-corrected chi connectivity index (χ3v) is 2.24. The molecule has 0 spiro atoms. The lowest BCUT2D eigenvalue weighted by Gasteiger charge is -2.19. The van der Waals surface area contributed by atoms with Gasteiger partial charge in [0.25, 0.3) is 5.69 Å². The van der Waals surface area contributed by atoms with E-state index in [1.807, 2.05) is 6.07 Å². The Morgan fingerprint density at radius 2 is 2.15 bits per heavy atom. The highest BCUT2D eigenvalue weighted by Gasteiger charge is 2.17. The highest BCUT2D eigenvalue weighted by molar-refractivity contribution is 5.68. The first-order chi connectivity index (χ1) is 9.23. The summed E-state index contributed by atoms with van der Waals surface area (Å²) < 4.78 is 5.04. The average Bonchev–Trinajstić information content (AvgIpc) is 2.33. The minimum absolute atomic E-state index is 0.0144. The highest BCUT2D eigenvalue weighted by atomic mass is 16.6. The topological polar surface area (TPSA) is 105 Å². The smallest absolute Gasteiger partial charge is 0.407 e. The first kappa shape index (κ1) is 15.4. The molecule has 7 nitrogen and oxygen atoms in total. The van der Waals surface area contributed by atoms with Crippen LogP contribution in [0.3, 0.4) is 0 Å². The lowest BCUT2D eigenvalue weighted by atomic mass is 10.1. The van der Waals surface area contributed by atoms with Crippen LogP contribution in [0.15, 0.2) is 18.2 Å². The summed E-state index contributed by atoms with van der Waals surface area (Å²) in [5.41, 5.74) is -0.130. The largest absolute Gasteiger partial charge is 0.444 e. The molecule has 0 saturated carbocycles. The molecule has 1 amide bonds. The number of amides is 1. The molecule has 1 N–H and O–H groups in total. The maximum atomic E-state index is 11.5. The summed E-state index contributed by atoms with van der Waals surface area (Å²) in [6.07, 6.45) is -0.645. The van der Waals surface area contributed by atoms with Gasteiger partial charge in [-0.25, -0.2) is 4.79 Å². The number of benzene rings is 1. The number of non-ortho nitro benzene ring substituents is 1. The van der Waals surface area contributed by atoms with Crippen LogP contribution < -0.4 is 5.32 Å². The van der Waals surface area contributed by atoms with Crippen LogP contribution in [0.1, 0.15) is 31.9 Å². The Hall–Kier alpha value is -2.62. The first-order valence-electron chi connectivity index (χ1n) is 5.87. The molecule has 0 aliphatic heterocycles. The van der Waals surface area contributed by atoms with Crippen LogP contribution in [0.2, 0.25) is 0 Å². The number of hydrogen-bond donors (Lipinski definition) is 1. The zero-order valence-corrected chi connectivity index (χ0v) is 11.5. The van der Waals surface area contributed by atoms with E-state index in [0.717, 1.165) is 0 Å². The molecule has 0 saturated heterocycles. The SMILES string of the molecule is CC(C)(C)OC(=O)NCc1cc([N+](=O)[O-])ccc1C#N. The Balaban J connectivity index is 2.81. The average molecular weight is 277 g/mol. The Morgan fingerprint density at radius 1 is 1.50 bits per heavy atom. The molecule has 0 aliphatic carbocycles. The zero-order chi connectivity index (χ0) is 15.3. The molecule has 1 rings (SSSR count). The minimum atomic E-state index is -0.645. The number of nitro benzene ring substituents is 1. The number of nitrogens with zero attached hydrogens (tertiary/aromatic N) is 2. The number of nitrogens with one attached hydrogen (secondary N) is 1. The van der Waals surface area contributed by atoms with E-state index in [-0.39, 0.29) is 17.8 Å². The summed E-state index contributed by atoms with van der Waals surface area (Å²) in [7, 11) is 0. The highest BCUT2D eigenvalue weighted by Crippen LogP contribution is 2.17. The van der Waals surface area contributed by atoms with E-state index in [4.69, 9.17) is 10.00 Å². The molecule has 1 aromatic rings. The summed E-state index contributed by atoms with van der Waals surface area (Å²) in [5, 5.41) is 22.1. The molecule has 0 fully saturated rings. The van der Waals surface area contributed by atoms with Crippen molar-refractivity contribution in [1.29, 1.82) is 5.26 Å². The fourth-order valence-electron chi connectivity index (χ4n) is 1.43. The molecular formula is C13H15N3O4. The molecule has 0 bridgehead atoms. The second-order valence-corrected chi connectivity index (χ2v) is 5.07. The number of carbonyl (C=O) groups excluding carboxylic acids is 1. The molecular weight excluding hydrogens is 262 g/mol. The third kappa shape index (κ3) is 4.57. The van der Waals surface area contributed by atoms with Crippen molar-refractivity contribution in [3.8, 4) is 6.07 Å². The summed E-state index contributed by atoms with van der Waals surface area (Å²) in [4.78, 5) is 21.6. The molecule has 1 aromatic carbocycles. The van der Waals surface area contributed by atoms with Crippen LogP contribution in [0.25, 0.3) is 0 Å². The van der Waals surface area contributed by atoms with Crippen LogP contribution in [0.4, 0.5) is 10.5 Å². The van der Waals surface area contributed by atoms with Gasteiger partial charge in [0.15, 0.2) is 0 Å². The van der Waals surface area contributed by atoms with Gasteiger partial charge in [-0.15, -0.1) is 0 Å². The molecule has 0 aliphatic rings. The maximum absolute atomic E-state index is 11.5. The van der Waals surface area contributed by atoms with Gasteiger partial charge in [-0.05, 0) is 32.4 Å². The predicted octanol–water partition coefficient (Wildman–Crippen LogP) is 2.49. The fourth-order valence-corrected chi connectivity index (χ4v) is 1.43. The van der Waals surface area contributed by atoms with Gasteiger partial charge in [0, 0.05) is 18.7 Å².